The van der Waals surface area contributed by atoms with E-state index in [0.29, 0.717) is 11.2 Å². The number of rotatable bonds is 2. The van der Waals surface area contributed by atoms with Gasteiger partial charge in [0.15, 0.2) is 0 Å². The summed E-state index contributed by atoms with van der Waals surface area (Å²) in [7, 11) is 0. The van der Waals surface area contributed by atoms with Gasteiger partial charge < -0.3 is 0 Å². The molecule has 0 radical (unpaired) electrons. The fourth-order valence-electron chi connectivity index (χ4n) is 2.30. The minimum absolute atomic E-state index is 0.104. The first-order chi connectivity index (χ1) is 10.5. The van der Waals surface area contributed by atoms with Crippen molar-refractivity contribution in [2.75, 3.05) is 0 Å². The Morgan fingerprint density at radius 1 is 1.14 bits per heavy atom. The van der Waals surface area contributed by atoms with Crippen molar-refractivity contribution in [2.24, 2.45) is 5.10 Å². The molecule has 22 heavy (non-hydrogen) atoms. The minimum atomic E-state index is -0.104. The summed E-state index contributed by atoms with van der Waals surface area (Å²) in [5.74, 6) is 0.599. The van der Waals surface area contributed by atoms with Crippen LogP contribution in [0.2, 0.25) is 0 Å². The Labute approximate surface area is 132 Å². The van der Waals surface area contributed by atoms with Gasteiger partial charge in [0.2, 0.25) is 0 Å². The molecule has 0 fully saturated rings. The van der Waals surface area contributed by atoms with Crippen LogP contribution in [0.25, 0.3) is 10.2 Å². The zero-order valence-electron chi connectivity index (χ0n) is 13.0. The molecule has 2 aromatic heterocycles. The number of hydrogen-bond acceptors (Lipinski definition) is 4. The molecule has 0 saturated carbocycles. The minimum Gasteiger partial charge on any atom is -0.267 e. The second kappa shape index (κ2) is 5.50. The van der Waals surface area contributed by atoms with Gasteiger partial charge in [-0.25, -0.2) is 4.98 Å². The van der Waals surface area contributed by atoms with Gasteiger partial charge in [0.05, 0.1) is 11.6 Å². The molecule has 3 rings (SSSR count). The first kappa shape index (κ1) is 14.7. The fourth-order valence-corrected chi connectivity index (χ4v) is 3.37. The second-order valence-electron chi connectivity index (χ2n) is 5.39. The summed E-state index contributed by atoms with van der Waals surface area (Å²) in [4.78, 5) is 19.1. The predicted molar refractivity (Wildman–Crippen MR) is 92.3 cm³/mol. The maximum atomic E-state index is 12.7. The SMILES string of the molecule is Cc1ccc(/C=N\n2c(C)nc3sc(C)c(C)c3c2=O)cc1. The zero-order valence-corrected chi connectivity index (χ0v) is 13.9. The van der Waals surface area contributed by atoms with Gasteiger partial charge in [-0.3, -0.25) is 4.79 Å². The van der Waals surface area contributed by atoms with Crippen molar-refractivity contribution in [1.29, 1.82) is 0 Å². The van der Waals surface area contributed by atoms with E-state index in [-0.39, 0.29) is 5.56 Å². The fraction of sp³-hybridized carbons (Fsp3) is 0.235. The van der Waals surface area contributed by atoms with Crippen LogP contribution in [-0.2, 0) is 0 Å². The second-order valence-corrected chi connectivity index (χ2v) is 6.60. The highest BCUT2D eigenvalue weighted by molar-refractivity contribution is 7.18. The van der Waals surface area contributed by atoms with Gasteiger partial charge in [-0.2, -0.15) is 9.78 Å². The number of aromatic nitrogens is 2. The summed E-state index contributed by atoms with van der Waals surface area (Å²) in [6.45, 7) is 7.81. The third-order valence-corrected chi connectivity index (χ3v) is 4.84. The van der Waals surface area contributed by atoms with E-state index in [0.717, 1.165) is 20.8 Å². The molecule has 5 heteroatoms. The number of hydrogen-bond donors (Lipinski definition) is 0. The standard InChI is InChI=1S/C17H17N3OS/c1-10-5-7-14(8-6-10)9-18-20-13(4)19-16-15(17(20)21)11(2)12(3)22-16/h5-9H,1-4H3/b18-9-. The monoisotopic (exact) mass is 311 g/mol. The summed E-state index contributed by atoms with van der Waals surface area (Å²) in [5.41, 5.74) is 3.04. The van der Waals surface area contributed by atoms with Crippen molar-refractivity contribution in [2.45, 2.75) is 27.7 Å². The Balaban J connectivity index is 2.12. The Kier molecular flexibility index (Phi) is 3.66. The normalized spacial score (nSPS) is 11.6. The van der Waals surface area contributed by atoms with Crippen molar-refractivity contribution in [3.63, 3.8) is 0 Å². The Morgan fingerprint density at radius 3 is 2.50 bits per heavy atom. The van der Waals surface area contributed by atoms with Crippen LogP contribution in [0, 0.1) is 27.7 Å². The van der Waals surface area contributed by atoms with E-state index in [2.05, 4.69) is 10.1 Å². The summed E-state index contributed by atoms with van der Waals surface area (Å²) in [6.07, 6.45) is 1.69. The van der Waals surface area contributed by atoms with E-state index in [1.807, 2.05) is 45.0 Å². The topological polar surface area (TPSA) is 47.2 Å². The molecule has 0 spiro atoms. The van der Waals surface area contributed by atoms with Crippen LogP contribution in [0.15, 0.2) is 34.2 Å². The third-order valence-electron chi connectivity index (χ3n) is 3.74. The quantitative estimate of drug-likeness (QED) is 0.679. The van der Waals surface area contributed by atoms with Gasteiger partial charge in [-0.05, 0) is 38.8 Å². The highest BCUT2D eigenvalue weighted by Crippen LogP contribution is 2.26. The number of nitrogens with zero attached hydrogens (tertiary/aromatic N) is 3. The molecule has 0 saturated heterocycles. The van der Waals surface area contributed by atoms with Gasteiger partial charge in [-0.15, -0.1) is 11.3 Å². The van der Waals surface area contributed by atoms with Crippen LogP contribution in [0.3, 0.4) is 0 Å². The van der Waals surface area contributed by atoms with Crippen LogP contribution >= 0.6 is 11.3 Å². The molecule has 1 aromatic carbocycles. The van der Waals surface area contributed by atoms with Crippen LogP contribution in [0.5, 0.6) is 0 Å². The van der Waals surface area contributed by atoms with Crippen LogP contribution < -0.4 is 5.56 Å². The van der Waals surface area contributed by atoms with Gasteiger partial charge >= 0.3 is 0 Å². The molecule has 0 aliphatic rings. The molecular formula is C17H17N3OS. The lowest BCUT2D eigenvalue weighted by molar-refractivity contribution is 0.772. The molecule has 0 N–H and O–H groups in total. The molecule has 2 heterocycles. The molecule has 0 atom stereocenters. The zero-order chi connectivity index (χ0) is 15.9. The van der Waals surface area contributed by atoms with Crippen LogP contribution in [-0.4, -0.2) is 15.9 Å². The lowest BCUT2D eigenvalue weighted by Gasteiger charge is -2.03. The largest absolute Gasteiger partial charge is 0.283 e. The number of benzene rings is 1. The maximum Gasteiger partial charge on any atom is 0.283 e. The summed E-state index contributed by atoms with van der Waals surface area (Å²) in [6, 6.07) is 7.99. The van der Waals surface area contributed by atoms with E-state index in [1.165, 1.54) is 10.2 Å². The van der Waals surface area contributed by atoms with Crippen molar-refractivity contribution in [3.05, 3.63) is 62.0 Å². The molecule has 0 bridgehead atoms. The molecule has 4 nitrogen and oxygen atoms in total. The van der Waals surface area contributed by atoms with E-state index < -0.39 is 0 Å². The first-order valence-corrected chi connectivity index (χ1v) is 7.89. The lowest BCUT2D eigenvalue weighted by atomic mass is 10.2. The average molecular weight is 311 g/mol. The third kappa shape index (κ3) is 2.48. The van der Waals surface area contributed by atoms with Crippen molar-refractivity contribution < 1.29 is 0 Å². The number of fused-ring (bicyclic) bond motifs is 1. The molecule has 0 aliphatic heterocycles. The first-order valence-electron chi connectivity index (χ1n) is 7.08. The van der Waals surface area contributed by atoms with Gasteiger partial charge in [-0.1, -0.05) is 29.8 Å². The summed E-state index contributed by atoms with van der Waals surface area (Å²) in [5, 5.41) is 5.00. The van der Waals surface area contributed by atoms with E-state index in [1.54, 1.807) is 24.5 Å². The van der Waals surface area contributed by atoms with Crippen molar-refractivity contribution in [3.8, 4) is 0 Å². The Morgan fingerprint density at radius 2 is 1.82 bits per heavy atom. The molecule has 0 amide bonds. The summed E-state index contributed by atoms with van der Waals surface area (Å²) >= 11 is 1.56. The van der Waals surface area contributed by atoms with E-state index >= 15 is 0 Å². The molecule has 0 aliphatic carbocycles. The van der Waals surface area contributed by atoms with E-state index in [4.69, 9.17) is 0 Å². The molecular weight excluding hydrogens is 294 g/mol. The summed E-state index contributed by atoms with van der Waals surface area (Å²) < 4.78 is 1.38. The Bertz CT molecular complexity index is 933. The Hall–Kier alpha value is -2.27. The molecule has 0 unspecified atom stereocenters. The predicted octanol–water partition coefficient (Wildman–Crippen LogP) is 3.57. The van der Waals surface area contributed by atoms with Gasteiger partial charge in [0.1, 0.15) is 10.7 Å². The molecule has 3 aromatic rings. The molecule has 112 valence electrons. The number of aryl methyl sites for hydroxylation is 4. The van der Waals surface area contributed by atoms with Crippen molar-refractivity contribution in [1.82, 2.24) is 9.66 Å². The van der Waals surface area contributed by atoms with E-state index in [9.17, 15) is 4.79 Å². The highest BCUT2D eigenvalue weighted by atomic mass is 32.1. The lowest BCUT2D eigenvalue weighted by Crippen LogP contribution is -2.20. The smallest absolute Gasteiger partial charge is 0.267 e. The van der Waals surface area contributed by atoms with Gasteiger partial charge in [0, 0.05) is 4.88 Å². The highest BCUT2D eigenvalue weighted by Gasteiger charge is 2.13. The van der Waals surface area contributed by atoms with Crippen LogP contribution in [0.1, 0.15) is 27.4 Å². The van der Waals surface area contributed by atoms with Gasteiger partial charge in [0.25, 0.3) is 5.56 Å². The average Bonchev–Trinajstić information content (AvgIpc) is 2.75. The maximum absolute atomic E-state index is 12.7. The van der Waals surface area contributed by atoms with Crippen molar-refractivity contribution >= 4 is 27.8 Å². The number of thiophene rings is 1. The van der Waals surface area contributed by atoms with Crippen LogP contribution in [0.4, 0.5) is 0 Å².